The van der Waals surface area contributed by atoms with Gasteiger partial charge in [0.25, 0.3) is 10.1 Å². The molecule has 3 aromatic carbocycles. The van der Waals surface area contributed by atoms with Gasteiger partial charge in [0, 0.05) is 17.4 Å². The minimum atomic E-state index is -3.57. The summed E-state index contributed by atoms with van der Waals surface area (Å²) in [5.41, 5.74) is 3.15. The second-order valence-electron chi connectivity index (χ2n) is 8.75. The summed E-state index contributed by atoms with van der Waals surface area (Å²) in [4.78, 5) is 26.2. The molecule has 4 aromatic rings. The molecule has 0 saturated heterocycles. The third-order valence-corrected chi connectivity index (χ3v) is 7.10. The maximum Gasteiger partial charge on any atom is 0.335 e. The molecule has 39 heavy (non-hydrogen) atoms. The number of fused-ring (bicyclic) bond motifs is 1. The molecular weight excluding hydrogens is 561 g/mol. The largest absolute Gasteiger partial charge is 0.335 e. The zero-order valence-corrected chi connectivity index (χ0v) is 23.0. The lowest BCUT2D eigenvalue weighted by Crippen LogP contribution is -2.45. The van der Waals surface area contributed by atoms with E-state index in [0.717, 1.165) is 17.5 Å². The quantitative estimate of drug-likeness (QED) is 0.242. The lowest BCUT2D eigenvalue weighted by molar-refractivity contribution is 0.252. The van der Waals surface area contributed by atoms with Gasteiger partial charge in [-0.2, -0.15) is 13.4 Å². The van der Waals surface area contributed by atoms with Gasteiger partial charge in [-0.15, -0.1) is 0 Å². The van der Waals surface area contributed by atoms with Crippen LogP contribution in [0.5, 0.6) is 0 Å². The highest BCUT2D eigenvalue weighted by atomic mass is 35.5. The van der Waals surface area contributed by atoms with Crippen LogP contribution in [0, 0.1) is 0 Å². The zero-order chi connectivity index (χ0) is 27.6. The van der Waals surface area contributed by atoms with Crippen molar-refractivity contribution in [3.05, 3.63) is 100 Å². The molecule has 9 nitrogen and oxygen atoms in total. The topological polar surface area (TPSA) is 105 Å². The van der Waals surface area contributed by atoms with Gasteiger partial charge in [-0.05, 0) is 48.4 Å². The summed E-state index contributed by atoms with van der Waals surface area (Å²) in [5, 5.41) is 3.82. The van der Waals surface area contributed by atoms with Gasteiger partial charge in [0.1, 0.15) is 0 Å². The number of para-hydroxylation sites is 2. The first-order valence-corrected chi connectivity index (χ1v) is 14.4. The van der Waals surface area contributed by atoms with Crippen molar-refractivity contribution in [2.24, 2.45) is 0 Å². The van der Waals surface area contributed by atoms with Gasteiger partial charge in [0.2, 0.25) is 5.95 Å². The number of urea groups is 1. The number of nitrogens with one attached hydrogen (secondary N) is 1. The molecule has 0 unspecified atom stereocenters. The number of benzene rings is 3. The average molecular weight is 584 g/mol. The lowest BCUT2D eigenvalue weighted by Gasteiger charge is -2.37. The number of hydrogen-bond acceptors (Lipinski definition) is 7. The molecule has 1 N–H and O–H groups in total. The van der Waals surface area contributed by atoms with Crippen molar-refractivity contribution >= 4 is 68.2 Å². The van der Waals surface area contributed by atoms with Gasteiger partial charge in [0.05, 0.1) is 40.8 Å². The van der Waals surface area contributed by atoms with E-state index in [9.17, 15) is 13.2 Å². The third kappa shape index (κ3) is 6.15. The van der Waals surface area contributed by atoms with Crippen LogP contribution in [0.25, 0.3) is 0 Å². The predicted molar refractivity (Wildman–Crippen MR) is 153 cm³/mol. The van der Waals surface area contributed by atoms with Crippen LogP contribution < -0.4 is 15.1 Å². The van der Waals surface area contributed by atoms with Crippen LogP contribution in [-0.2, 0) is 27.3 Å². The molecule has 1 aromatic heterocycles. The molecule has 0 bridgehead atoms. The molecule has 1 aliphatic rings. The minimum absolute atomic E-state index is 0.0263. The Morgan fingerprint density at radius 3 is 2.44 bits per heavy atom. The van der Waals surface area contributed by atoms with Crippen molar-refractivity contribution < 1.29 is 17.4 Å². The van der Waals surface area contributed by atoms with Crippen molar-refractivity contribution in [1.29, 1.82) is 0 Å². The highest BCUT2D eigenvalue weighted by molar-refractivity contribution is 7.85. The Bertz CT molecular complexity index is 1620. The second-order valence-corrected chi connectivity index (χ2v) is 11.2. The highest BCUT2D eigenvalue weighted by Crippen LogP contribution is 2.41. The van der Waals surface area contributed by atoms with Crippen LogP contribution in [0.15, 0.2) is 79.0 Å². The Morgan fingerprint density at radius 2 is 1.72 bits per heavy atom. The van der Waals surface area contributed by atoms with Crippen molar-refractivity contribution in [2.75, 3.05) is 28.0 Å². The zero-order valence-electron chi connectivity index (χ0n) is 20.7. The summed E-state index contributed by atoms with van der Waals surface area (Å²) in [6.45, 7) is 0.128. The van der Waals surface area contributed by atoms with Gasteiger partial charge in [-0.25, -0.2) is 14.7 Å². The Hall–Kier alpha value is -3.70. The van der Waals surface area contributed by atoms with Gasteiger partial charge in [-0.1, -0.05) is 59.6 Å². The van der Waals surface area contributed by atoms with Crippen LogP contribution in [0.2, 0.25) is 10.0 Å². The lowest BCUT2D eigenvalue weighted by atomic mass is 10.1. The van der Waals surface area contributed by atoms with Crippen LogP contribution in [-0.4, -0.2) is 37.3 Å². The molecule has 2 amide bonds. The van der Waals surface area contributed by atoms with Gasteiger partial charge >= 0.3 is 6.03 Å². The number of amides is 2. The van der Waals surface area contributed by atoms with Crippen LogP contribution >= 0.6 is 23.2 Å². The van der Waals surface area contributed by atoms with Crippen LogP contribution in [0.1, 0.15) is 11.1 Å². The SMILES string of the molecule is CS(=O)(=O)OCCc1cccc(N2C(=O)N(c3c(Cl)cccc3Cl)Cc3cnc(Nc4ccccc4)nc32)c1. The maximum absolute atomic E-state index is 14.1. The van der Waals surface area contributed by atoms with E-state index < -0.39 is 16.1 Å². The van der Waals surface area contributed by atoms with Crippen molar-refractivity contribution in [3.8, 4) is 0 Å². The average Bonchev–Trinajstić information content (AvgIpc) is 2.89. The summed E-state index contributed by atoms with van der Waals surface area (Å²) in [6.07, 6.45) is 2.98. The normalized spacial score (nSPS) is 13.4. The number of anilines is 5. The molecule has 5 rings (SSSR count). The summed E-state index contributed by atoms with van der Waals surface area (Å²) in [5.74, 6) is 0.720. The summed E-state index contributed by atoms with van der Waals surface area (Å²) in [6, 6.07) is 21.3. The molecule has 0 aliphatic carbocycles. The molecule has 1 aliphatic heterocycles. The van der Waals surface area contributed by atoms with Crippen LogP contribution in [0.4, 0.5) is 33.6 Å². The monoisotopic (exact) mass is 583 g/mol. The van der Waals surface area contributed by atoms with Crippen molar-refractivity contribution in [1.82, 2.24) is 9.97 Å². The minimum Gasteiger partial charge on any atom is -0.324 e. The number of halogens is 2. The van der Waals surface area contributed by atoms with E-state index in [0.29, 0.717) is 45.2 Å². The van der Waals surface area contributed by atoms with E-state index in [1.807, 2.05) is 36.4 Å². The van der Waals surface area contributed by atoms with Crippen LogP contribution in [0.3, 0.4) is 0 Å². The van der Waals surface area contributed by atoms with E-state index in [2.05, 4.69) is 10.3 Å². The van der Waals surface area contributed by atoms with E-state index >= 15 is 0 Å². The Morgan fingerprint density at radius 1 is 1.00 bits per heavy atom. The second kappa shape index (κ2) is 11.2. The van der Waals surface area contributed by atoms with E-state index in [4.69, 9.17) is 32.4 Å². The van der Waals surface area contributed by atoms with Gasteiger partial charge in [-0.3, -0.25) is 9.08 Å². The number of hydrogen-bond donors (Lipinski definition) is 1. The first-order chi connectivity index (χ1) is 18.7. The molecular formula is C27H23Cl2N5O4S. The summed E-state index contributed by atoms with van der Waals surface area (Å²) in [7, 11) is -3.57. The smallest absolute Gasteiger partial charge is 0.324 e. The maximum atomic E-state index is 14.1. The van der Waals surface area contributed by atoms with E-state index in [1.54, 1.807) is 42.6 Å². The fourth-order valence-corrected chi connectivity index (χ4v) is 5.17. The van der Waals surface area contributed by atoms with E-state index in [-0.39, 0.29) is 13.2 Å². The molecule has 0 saturated carbocycles. The third-order valence-electron chi connectivity index (χ3n) is 5.90. The molecule has 0 spiro atoms. The van der Waals surface area contributed by atoms with Crippen molar-refractivity contribution in [3.63, 3.8) is 0 Å². The number of carbonyl (C=O) groups is 1. The fraction of sp³-hybridized carbons (Fsp3) is 0.148. The molecule has 2 heterocycles. The molecule has 12 heteroatoms. The van der Waals surface area contributed by atoms with Crippen molar-refractivity contribution in [2.45, 2.75) is 13.0 Å². The Labute approximate surface area is 236 Å². The highest BCUT2D eigenvalue weighted by Gasteiger charge is 2.36. The Kier molecular flexibility index (Phi) is 7.72. The van der Waals surface area contributed by atoms with Gasteiger partial charge in [0.15, 0.2) is 5.82 Å². The predicted octanol–water partition coefficient (Wildman–Crippen LogP) is 6.32. The number of rotatable bonds is 8. The number of carbonyl (C=O) groups excluding carboxylic acids is 1. The molecule has 0 radical (unpaired) electrons. The number of nitrogens with zero attached hydrogens (tertiary/aromatic N) is 4. The summed E-state index contributed by atoms with van der Waals surface area (Å²) < 4.78 is 27.7. The summed E-state index contributed by atoms with van der Waals surface area (Å²) >= 11 is 13.0. The fourth-order valence-electron chi connectivity index (χ4n) is 4.18. The molecule has 0 atom stereocenters. The first kappa shape index (κ1) is 26.9. The first-order valence-electron chi connectivity index (χ1n) is 11.9. The van der Waals surface area contributed by atoms with E-state index in [1.165, 1.54) is 9.80 Å². The number of aromatic nitrogens is 2. The molecule has 0 fully saturated rings. The Balaban J connectivity index is 1.56. The van der Waals surface area contributed by atoms with Gasteiger partial charge < -0.3 is 5.32 Å². The molecule has 200 valence electrons. The standard InChI is InChI=1S/C27H23Cl2N5O4S/c1-39(36,37)38-14-13-18-7-5-10-21(15-18)34-25-19(16-30-26(32-25)31-20-8-3-2-4-9-20)17-33(27(34)35)24-22(28)11-6-12-23(24)29/h2-12,15-16H,13-14,17H2,1H3,(H,30,31,32).